The zero-order valence-corrected chi connectivity index (χ0v) is 10.0. The Morgan fingerprint density at radius 1 is 1.46 bits per heavy atom. The highest BCUT2D eigenvalue weighted by Crippen LogP contribution is 2.21. The fourth-order valence-electron chi connectivity index (χ4n) is 1.20. The maximum atomic E-state index is 9.62. The van der Waals surface area contributed by atoms with E-state index in [9.17, 15) is 5.11 Å². The Labute approximate surface area is 86.9 Å². The Kier molecular flexibility index (Phi) is 2.82. The van der Waals surface area contributed by atoms with E-state index < -0.39 is 5.60 Å². The van der Waals surface area contributed by atoms with Crippen molar-refractivity contribution < 1.29 is 5.11 Å². The Balaban J connectivity index is 2.97. The van der Waals surface area contributed by atoms with Crippen LogP contribution in [0, 0.1) is 13.8 Å². The first kappa shape index (κ1) is 10.7. The van der Waals surface area contributed by atoms with Gasteiger partial charge in [-0.2, -0.15) is 5.10 Å². The number of aromatic nitrogens is 2. The largest absolute Gasteiger partial charge is 0.389 e. The molecule has 1 aromatic heterocycles. The molecule has 0 saturated heterocycles. The molecule has 0 aliphatic rings. The highest BCUT2D eigenvalue weighted by atomic mass is 79.9. The van der Waals surface area contributed by atoms with E-state index in [-0.39, 0.29) is 0 Å². The molecule has 1 heterocycles. The van der Waals surface area contributed by atoms with Crippen LogP contribution in [-0.2, 0) is 6.54 Å². The van der Waals surface area contributed by atoms with Crippen molar-refractivity contribution in [3.63, 3.8) is 0 Å². The molecule has 74 valence electrons. The quantitative estimate of drug-likeness (QED) is 0.868. The van der Waals surface area contributed by atoms with Crippen molar-refractivity contribution >= 4 is 15.9 Å². The van der Waals surface area contributed by atoms with Gasteiger partial charge in [0, 0.05) is 5.69 Å². The van der Waals surface area contributed by atoms with E-state index in [1.54, 1.807) is 13.8 Å². The standard InChI is InChI=1S/C9H15BrN2O/c1-6-8(10)7(2)12(11-6)5-9(3,4)13/h13H,5H2,1-4H3. The Morgan fingerprint density at radius 2 is 2.00 bits per heavy atom. The monoisotopic (exact) mass is 246 g/mol. The number of nitrogens with zero attached hydrogens (tertiary/aromatic N) is 2. The van der Waals surface area contributed by atoms with Crippen LogP contribution < -0.4 is 0 Å². The van der Waals surface area contributed by atoms with Gasteiger partial charge in [0.25, 0.3) is 0 Å². The maximum absolute atomic E-state index is 9.62. The third-order valence-electron chi connectivity index (χ3n) is 1.83. The molecule has 0 radical (unpaired) electrons. The minimum Gasteiger partial charge on any atom is -0.389 e. The lowest BCUT2D eigenvalue weighted by molar-refractivity contribution is 0.0570. The van der Waals surface area contributed by atoms with Crippen LogP contribution in [0.15, 0.2) is 4.47 Å². The maximum Gasteiger partial charge on any atom is 0.0786 e. The molecule has 13 heavy (non-hydrogen) atoms. The normalized spacial score (nSPS) is 12.2. The summed E-state index contributed by atoms with van der Waals surface area (Å²) in [6.07, 6.45) is 0. The Morgan fingerprint density at radius 3 is 2.31 bits per heavy atom. The SMILES string of the molecule is Cc1nn(CC(C)(C)O)c(C)c1Br. The number of hydrogen-bond acceptors (Lipinski definition) is 2. The second-order valence-corrected chi connectivity index (χ2v) is 4.75. The summed E-state index contributed by atoms with van der Waals surface area (Å²) < 4.78 is 2.84. The summed E-state index contributed by atoms with van der Waals surface area (Å²) in [5, 5.41) is 13.9. The lowest BCUT2D eigenvalue weighted by Crippen LogP contribution is -2.27. The third kappa shape index (κ3) is 2.54. The van der Waals surface area contributed by atoms with Crippen LogP contribution in [0.2, 0.25) is 0 Å². The van der Waals surface area contributed by atoms with Gasteiger partial charge in [0.2, 0.25) is 0 Å². The molecule has 0 amide bonds. The van der Waals surface area contributed by atoms with Crippen molar-refractivity contribution in [1.82, 2.24) is 9.78 Å². The van der Waals surface area contributed by atoms with Gasteiger partial charge in [0.15, 0.2) is 0 Å². The van der Waals surface area contributed by atoms with E-state index in [4.69, 9.17) is 0 Å². The van der Waals surface area contributed by atoms with Gasteiger partial charge in [0.05, 0.1) is 22.3 Å². The van der Waals surface area contributed by atoms with Crippen LogP contribution in [0.25, 0.3) is 0 Å². The second kappa shape index (κ2) is 3.42. The van der Waals surface area contributed by atoms with Gasteiger partial charge < -0.3 is 5.11 Å². The zero-order valence-electron chi connectivity index (χ0n) is 8.43. The van der Waals surface area contributed by atoms with Crippen molar-refractivity contribution in [2.75, 3.05) is 0 Å². The van der Waals surface area contributed by atoms with Crippen LogP contribution in [-0.4, -0.2) is 20.5 Å². The van der Waals surface area contributed by atoms with E-state index in [0.29, 0.717) is 6.54 Å². The minimum absolute atomic E-state index is 0.519. The molecule has 3 nitrogen and oxygen atoms in total. The molecule has 4 heteroatoms. The highest BCUT2D eigenvalue weighted by Gasteiger charge is 2.17. The summed E-state index contributed by atoms with van der Waals surface area (Å²) in [7, 11) is 0. The first-order chi connectivity index (χ1) is 5.81. The van der Waals surface area contributed by atoms with Gasteiger partial charge in [-0.1, -0.05) is 0 Å². The molecular weight excluding hydrogens is 232 g/mol. The molecule has 0 spiro atoms. The predicted octanol–water partition coefficient (Wildman–Crippen LogP) is 2.03. The summed E-state index contributed by atoms with van der Waals surface area (Å²) in [6.45, 7) is 7.99. The Hall–Kier alpha value is -0.350. The summed E-state index contributed by atoms with van der Waals surface area (Å²) in [5.74, 6) is 0. The predicted molar refractivity (Wildman–Crippen MR) is 55.7 cm³/mol. The van der Waals surface area contributed by atoms with E-state index in [0.717, 1.165) is 15.9 Å². The topological polar surface area (TPSA) is 38.0 Å². The first-order valence-corrected chi connectivity index (χ1v) is 5.02. The van der Waals surface area contributed by atoms with Crippen LogP contribution in [0.5, 0.6) is 0 Å². The van der Waals surface area contributed by atoms with Crippen molar-refractivity contribution in [3.05, 3.63) is 15.9 Å². The fourth-order valence-corrected chi connectivity index (χ4v) is 1.48. The number of hydrogen-bond donors (Lipinski definition) is 1. The molecule has 0 atom stereocenters. The van der Waals surface area contributed by atoms with Crippen LogP contribution in [0.1, 0.15) is 25.2 Å². The molecule has 0 saturated carbocycles. The van der Waals surface area contributed by atoms with Gasteiger partial charge in [-0.15, -0.1) is 0 Å². The lowest BCUT2D eigenvalue weighted by Gasteiger charge is -2.17. The van der Waals surface area contributed by atoms with Crippen LogP contribution >= 0.6 is 15.9 Å². The van der Waals surface area contributed by atoms with E-state index in [1.807, 2.05) is 18.5 Å². The molecule has 0 fully saturated rings. The molecular formula is C9H15BrN2O. The third-order valence-corrected chi connectivity index (χ3v) is 2.98. The molecule has 0 aliphatic heterocycles. The highest BCUT2D eigenvalue weighted by molar-refractivity contribution is 9.10. The minimum atomic E-state index is -0.720. The molecule has 0 aromatic carbocycles. The van der Waals surface area contributed by atoms with Crippen molar-refractivity contribution in [2.45, 2.75) is 39.8 Å². The van der Waals surface area contributed by atoms with Crippen LogP contribution in [0.4, 0.5) is 0 Å². The van der Waals surface area contributed by atoms with E-state index in [1.165, 1.54) is 0 Å². The Bertz CT molecular complexity index is 312. The molecule has 1 N–H and O–H groups in total. The molecule has 0 aliphatic carbocycles. The summed E-state index contributed by atoms with van der Waals surface area (Å²) >= 11 is 3.44. The van der Waals surface area contributed by atoms with Crippen molar-refractivity contribution in [2.24, 2.45) is 0 Å². The van der Waals surface area contributed by atoms with E-state index >= 15 is 0 Å². The number of aryl methyl sites for hydroxylation is 1. The summed E-state index contributed by atoms with van der Waals surface area (Å²) in [6, 6.07) is 0. The van der Waals surface area contributed by atoms with Crippen molar-refractivity contribution in [1.29, 1.82) is 0 Å². The summed E-state index contributed by atoms with van der Waals surface area (Å²) in [4.78, 5) is 0. The zero-order chi connectivity index (χ0) is 10.2. The van der Waals surface area contributed by atoms with Crippen molar-refractivity contribution in [3.8, 4) is 0 Å². The van der Waals surface area contributed by atoms with Gasteiger partial charge in [-0.05, 0) is 43.6 Å². The number of aliphatic hydroxyl groups is 1. The van der Waals surface area contributed by atoms with Gasteiger partial charge in [0.1, 0.15) is 0 Å². The summed E-state index contributed by atoms with van der Waals surface area (Å²) in [5.41, 5.74) is 1.30. The fraction of sp³-hybridized carbons (Fsp3) is 0.667. The smallest absolute Gasteiger partial charge is 0.0786 e. The molecule has 1 rings (SSSR count). The molecule has 0 bridgehead atoms. The molecule has 0 unspecified atom stereocenters. The second-order valence-electron chi connectivity index (χ2n) is 3.95. The van der Waals surface area contributed by atoms with Gasteiger partial charge in [-0.3, -0.25) is 4.68 Å². The first-order valence-electron chi connectivity index (χ1n) is 4.23. The number of rotatable bonds is 2. The van der Waals surface area contributed by atoms with Gasteiger partial charge in [-0.25, -0.2) is 0 Å². The van der Waals surface area contributed by atoms with Gasteiger partial charge >= 0.3 is 0 Å². The average molecular weight is 247 g/mol. The van der Waals surface area contributed by atoms with E-state index in [2.05, 4.69) is 21.0 Å². The number of halogens is 1. The van der Waals surface area contributed by atoms with Crippen LogP contribution in [0.3, 0.4) is 0 Å². The lowest BCUT2D eigenvalue weighted by atomic mass is 10.1. The molecule has 1 aromatic rings. The average Bonchev–Trinajstić information content (AvgIpc) is 2.15.